The molecule has 0 aliphatic carbocycles. The maximum Gasteiger partial charge on any atom is 0.251 e. The Bertz CT molecular complexity index is 634. The van der Waals surface area contributed by atoms with Crippen molar-refractivity contribution in [2.24, 2.45) is 5.73 Å². The second-order valence-electron chi connectivity index (χ2n) is 3.76. The summed E-state index contributed by atoms with van der Waals surface area (Å²) in [7, 11) is 0. The summed E-state index contributed by atoms with van der Waals surface area (Å²) < 4.78 is 2.27. The minimum Gasteiger partial charge on any atom is -0.366 e. The number of nitrogens with two attached hydrogens (primary N) is 1. The van der Waals surface area contributed by atoms with E-state index in [1.807, 2.05) is 0 Å². The summed E-state index contributed by atoms with van der Waals surface area (Å²) in [5.74, 6) is -0.634. The summed E-state index contributed by atoms with van der Waals surface area (Å²) in [5, 5.41) is 4.03. The van der Waals surface area contributed by atoms with Gasteiger partial charge in [0, 0.05) is 16.2 Å². The molecule has 0 aliphatic heterocycles. The first-order valence-corrected chi connectivity index (χ1v) is 5.93. The first-order chi connectivity index (χ1) is 8.49. The molecular formula is C12H10BrN3O2. The van der Waals surface area contributed by atoms with Crippen LogP contribution in [0.3, 0.4) is 0 Å². The zero-order chi connectivity index (χ0) is 13.3. The third-order valence-electron chi connectivity index (χ3n) is 2.45. The summed E-state index contributed by atoms with van der Waals surface area (Å²) in [6, 6.07) is 5.26. The van der Waals surface area contributed by atoms with Gasteiger partial charge < -0.3 is 5.73 Å². The van der Waals surface area contributed by atoms with Gasteiger partial charge in [0.15, 0.2) is 5.78 Å². The minimum absolute atomic E-state index is 0.0811. The average molecular weight is 308 g/mol. The molecule has 5 nitrogen and oxygen atoms in total. The highest BCUT2D eigenvalue weighted by Crippen LogP contribution is 2.20. The van der Waals surface area contributed by atoms with Gasteiger partial charge in [-0.1, -0.05) is 15.9 Å². The van der Waals surface area contributed by atoms with Gasteiger partial charge in [0.05, 0.1) is 17.4 Å². The van der Waals surface area contributed by atoms with Crippen LogP contribution in [0.5, 0.6) is 0 Å². The molecular weight excluding hydrogens is 298 g/mol. The van der Waals surface area contributed by atoms with Crippen LogP contribution in [-0.4, -0.2) is 21.5 Å². The number of hydrogen-bond acceptors (Lipinski definition) is 3. The lowest BCUT2D eigenvalue weighted by atomic mass is 10.1. The number of hydrogen-bond donors (Lipinski definition) is 1. The van der Waals surface area contributed by atoms with Crippen molar-refractivity contribution in [3.05, 3.63) is 46.2 Å². The Morgan fingerprint density at radius 1 is 1.39 bits per heavy atom. The molecule has 0 atom stereocenters. The average Bonchev–Trinajstić information content (AvgIpc) is 2.78. The molecule has 18 heavy (non-hydrogen) atoms. The lowest BCUT2D eigenvalue weighted by molar-refractivity contribution is 0.0996. The van der Waals surface area contributed by atoms with E-state index in [-0.39, 0.29) is 5.78 Å². The molecule has 2 rings (SSSR count). The fourth-order valence-corrected chi connectivity index (χ4v) is 1.93. The predicted molar refractivity (Wildman–Crippen MR) is 69.8 cm³/mol. The van der Waals surface area contributed by atoms with E-state index < -0.39 is 5.91 Å². The SMILES string of the molecule is CC(=O)c1cc(Br)ccc1-n1cc(C(N)=O)cn1. The molecule has 2 aromatic rings. The van der Waals surface area contributed by atoms with Crippen molar-refractivity contribution in [1.82, 2.24) is 9.78 Å². The highest BCUT2D eigenvalue weighted by molar-refractivity contribution is 9.10. The van der Waals surface area contributed by atoms with E-state index in [1.54, 1.807) is 18.2 Å². The quantitative estimate of drug-likeness (QED) is 0.880. The van der Waals surface area contributed by atoms with Crippen molar-refractivity contribution in [2.45, 2.75) is 6.92 Å². The van der Waals surface area contributed by atoms with Gasteiger partial charge in [-0.2, -0.15) is 5.10 Å². The Hall–Kier alpha value is -1.95. The third-order valence-corrected chi connectivity index (χ3v) is 2.95. The lowest BCUT2D eigenvalue weighted by Gasteiger charge is -2.07. The molecule has 0 fully saturated rings. The normalized spacial score (nSPS) is 10.3. The first kappa shape index (κ1) is 12.5. The minimum atomic E-state index is -0.553. The Balaban J connectivity index is 2.55. The number of Topliss-reactive ketones (excluding diaryl/α,β-unsaturated/α-hetero) is 1. The molecule has 0 unspecified atom stereocenters. The van der Waals surface area contributed by atoms with Gasteiger partial charge in [0.1, 0.15) is 0 Å². The van der Waals surface area contributed by atoms with Crippen molar-refractivity contribution in [3.63, 3.8) is 0 Å². The highest BCUT2D eigenvalue weighted by Gasteiger charge is 2.12. The zero-order valence-corrected chi connectivity index (χ0v) is 11.1. The number of nitrogens with zero attached hydrogens (tertiary/aromatic N) is 2. The molecule has 1 aromatic carbocycles. The highest BCUT2D eigenvalue weighted by atomic mass is 79.9. The molecule has 0 saturated heterocycles. The van der Waals surface area contributed by atoms with E-state index in [0.717, 1.165) is 4.47 Å². The van der Waals surface area contributed by atoms with Crippen molar-refractivity contribution in [1.29, 1.82) is 0 Å². The van der Waals surface area contributed by atoms with Crippen LogP contribution in [0.4, 0.5) is 0 Å². The van der Waals surface area contributed by atoms with E-state index >= 15 is 0 Å². The summed E-state index contributed by atoms with van der Waals surface area (Å²) in [5.41, 5.74) is 6.59. The van der Waals surface area contributed by atoms with Crippen LogP contribution >= 0.6 is 15.9 Å². The number of benzene rings is 1. The number of amides is 1. The molecule has 0 radical (unpaired) electrons. The topological polar surface area (TPSA) is 78.0 Å². The number of rotatable bonds is 3. The second-order valence-corrected chi connectivity index (χ2v) is 4.67. The Kier molecular flexibility index (Phi) is 3.29. The standard InChI is InChI=1S/C12H10BrN3O2/c1-7(17)10-4-9(13)2-3-11(10)16-6-8(5-15-16)12(14)18/h2-6H,1H3,(H2,14,18). The molecule has 0 saturated carbocycles. The maximum absolute atomic E-state index is 11.6. The number of aromatic nitrogens is 2. The summed E-state index contributed by atoms with van der Waals surface area (Å²) in [6.45, 7) is 1.48. The van der Waals surface area contributed by atoms with Gasteiger partial charge in [0.2, 0.25) is 0 Å². The number of carbonyl (C=O) groups is 2. The molecule has 1 aromatic heterocycles. The molecule has 2 N–H and O–H groups in total. The summed E-state index contributed by atoms with van der Waals surface area (Å²) in [4.78, 5) is 22.6. The molecule has 0 bridgehead atoms. The van der Waals surface area contributed by atoms with E-state index in [9.17, 15) is 9.59 Å². The van der Waals surface area contributed by atoms with Crippen LogP contribution in [0, 0.1) is 0 Å². The Labute approximate surface area is 112 Å². The molecule has 6 heteroatoms. The fourth-order valence-electron chi connectivity index (χ4n) is 1.57. The monoisotopic (exact) mass is 307 g/mol. The number of halogens is 1. The summed E-state index contributed by atoms with van der Waals surface area (Å²) in [6.07, 6.45) is 2.87. The van der Waals surface area contributed by atoms with Gasteiger partial charge in [-0.3, -0.25) is 9.59 Å². The third kappa shape index (κ3) is 2.33. The van der Waals surface area contributed by atoms with Crippen molar-refractivity contribution < 1.29 is 9.59 Å². The van der Waals surface area contributed by atoms with Crippen LogP contribution < -0.4 is 5.73 Å². The van der Waals surface area contributed by atoms with Gasteiger partial charge in [0.25, 0.3) is 5.91 Å². The van der Waals surface area contributed by atoms with Crippen LogP contribution in [0.15, 0.2) is 35.1 Å². The number of ketones is 1. The van der Waals surface area contributed by atoms with E-state index in [0.29, 0.717) is 16.8 Å². The summed E-state index contributed by atoms with van der Waals surface area (Å²) >= 11 is 3.31. The van der Waals surface area contributed by atoms with Crippen LogP contribution in [0.1, 0.15) is 27.6 Å². The largest absolute Gasteiger partial charge is 0.366 e. The lowest BCUT2D eigenvalue weighted by Crippen LogP contribution is -2.09. The van der Waals surface area contributed by atoms with Gasteiger partial charge in [-0.25, -0.2) is 4.68 Å². The van der Waals surface area contributed by atoms with E-state index in [1.165, 1.54) is 24.0 Å². The first-order valence-electron chi connectivity index (χ1n) is 5.14. The molecule has 92 valence electrons. The molecule has 1 heterocycles. The van der Waals surface area contributed by atoms with E-state index in [2.05, 4.69) is 21.0 Å². The van der Waals surface area contributed by atoms with Crippen LogP contribution in [0.2, 0.25) is 0 Å². The van der Waals surface area contributed by atoms with Crippen LogP contribution in [-0.2, 0) is 0 Å². The Morgan fingerprint density at radius 3 is 2.67 bits per heavy atom. The van der Waals surface area contributed by atoms with Gasteiger partial charge >= 0.3 is 0 Å². The fraction of sp³-hybridized carbons (Fsp3) is 0.0833. The van der Waals surface area contributed by atoms with Crippen molar-refractivity contribution in [2.75, 3.05) is 0 Å². The van der Waals surface area contributed by atoms with Crippen LogP contribution in [0.25, 0.3) is 5.69 Å². The van der Waals surface area contributed by atoms with Crippen molar-refractivity contribution in [3.8, 4) is 5.69 Å². The van der Waals surface area contributed by atoms with Gasteiger partial charge in [-0.05, 0) is 25.1 Å². The second kappa shape index (κ2) is 4.73. The molecule has 1 amide bonds. The molecule has 0 aliphatic rings. The number of primary amides is 1. The predicted octanol–water partition coefficient (Wildman–Crippen LogP) is 1.94. The van der Waals surface area contributed by atoms with E-state index in [4.69, 9.17) is 5.73 Å². The van der Waals surface area contributed by atoms with Gasteiger partial charge in [-0.15, -0.1) is 0 Å². The maximum atomic E-state index is 11.6. The number of carbonyl (C=O) groups excluding carboxylic acids is 2. The zero-order valence-electron chi connectivity index (χ0n) is 9.55. The van der Waals surface area contributed by atoms with Crippen molar-refractivity contribution >= 4 is 27.6 Å². The smallest absolute Gasteiger partial charge is 0.251 e. The molecule has 0 spiro atoms. The Morgan fingerprint density at radius 2 is 2.11 bits per heavy atom.